The summed E-state index contributed by atoms with van der Waals surface area (Å²) in [7, 11) is 3.30. The van der Waals surface area contributed by atoms with E-state index in [1.165, 1.54) is 26.0 Å². The molecule has 1 unspecified atom stereocenters. The third-order valence-electron chi connectivity index (χ3n) is 3.69. The minimum absolute atomic E-state index is 0.0146. The van der Waals surface area contributed by atoms with Crippen LogP contribution in [0.4, 0.5) is 0 Å². The third-order valence-corrected chi connectivity index (χ3v) is 3.69. The quantitative estimate of drug-likeness (QED) is 0.878. The van der Waals surface area contributed by atoms with Gasteiger partial charge in [0.05, 0.1) is 12.7 Å². The summed E-state index contributed by atoms with van der Waals surface area (Å²) in [6.07, 6.45) is 3.48. The Balaban J connectivity index is 2.05. The third kappa shape index (κ3) is 3.42. The minimum Gasteiger partial charge on any atom is -0.507 e. The first-order valence-corrected chi connectivity index (χ1v) is 6.97. The van der Waals surface area contributed by atoms with Crippen molar-refractivity contribution < 1.29 is 14.6 Å². The highest BCUT2D eigenvalue weighted by Gasteiger charge is 2.21. The number of benzene rings is 1. The van der Waals surface area contributed by atoms with E-state index in [0.29, 0.717) is 18.3 Å². The van der Waals surface area contributed by atoms with Crippen molar-refractivity contribution >= 4 is 5.91 Å². The van der Waals surface area contributed by atoms with Crippen LogP contribution in [-0.2, 0) is 0 Å². The highest BCUT2D eigenvalue weighted by molar-refractivity contribution is 5.97. The number of methoxy groups -OCH3 is 1. The van der Waals surface area contributed by atoms with E-state index in [0.717, 1.165) is 13.0 Å². The smallest absolute Gasteiger partial charge is 0.257 e. The number of hydrogen-bond acceptors (Lipinski definition) is 4. The monoisotopic (exact) mass is 278 g/mol. The molecule has 1 aliphatic heterocycles. The lowest BCUT2D eigenvalue weighted by Gasteiger charge is -2.28. The molecule has 0 bridgehead atoms. The zero-order valence-corrected chi connectivity index (χ0v) is 12.1. The first kappa shape index (κ1) is 14.7. The van der Waals surface area contributed by atoms with Crippen LogP contribution in [0.5, 0.6) is 11.5 Å². The van der Waals surface area contributed by atoms with Gasteiger partial charge in [-0.05, 0) is 37.6 Å². The Bertz CT molecular complexity index is 470. The molecule has 110 valence electrons. The Hall–Kier alpha value is -1.75. The number of phenolic OH excluding ortho intramolecular Hbond substituents is 1. The van der Waals surface area contributed by atoms with Crippen molar-refractivity contribution in [1.29, 1.82) is 0 Å². The van der Waals surface area contributed by atoms with Gasteiger partial charge in [0.1, 0.15) is 11.5 Å². The number of amides is 1. The summed E-state index contributed by atoms with van der Waals surface area (Å²) in [6.45, 7) is 1.66. The van der Waals surface area contributed by atoms with Gasteiger partial charge < -0.3 is 20.1 Å². The lowest BCUT2D eigenvalue weighted by Crippen LogP contribution is -2.44. The van der Waals surface area contributed by atoms with Crippen LogP contribution in [0.2, 0.25) is 0 Å². The predicted octanol–water partition coefficient (Wildman–Crippen LogP) is 1.61. The second-order valence-corrected chi connectivity index (χ2v) is 5.22. The molecule has 0 radical (unpaired) electrons. The molecule has 1 heterocycles. The van der Waals surface area contributed by atoms with Crippen LogP contribution in [-0.4, -0.2) is 49.2 Å². The molecule has 1 fully saturated rings. The number of aromatic hydroxyl groups is 1. The summed E-state index contributed by atoms with van der Waals surface area (Å²) in [4.78, 5) is 14.0. The molecule has 0 aromatic heterocycles. The Labute approximate surface area is 119 Å². The van der Waals surface area contributed by atoms with E-state index in [9.17, 15) is 9.90 Å². The van der Waals surface area contributed by atoms with Gasteiger partial charge in [-0.2, -0.15) is 0 Å². The topological polar surface area (TPSA) is 61.8 Å². The highest BCUT2D eigenvalue weighted by Crippen LogP contribution is 2.24. The summed E-state index contributed by atoms with van der Waals surface area (Å²) in [5, 5.41) is 13.2. The molecule has 0 saturated carbocycles. The normalized spacial score (nSPS) is 18.6. The summed E-state index contributed by atoms with van der Waals surface area (Å²) in [6, 6.07) is 5.03. The molecule has 1 aromatic carbocycles. The minimum atomic E-state index is -0.186. The molecular weight excluding hydrogens is 256 g/mol. The molecule has 0 spiro atoms. The maximum atomic E-state index is 12.4. The largest absolute Gasteiger partial charge is 0.507 e. The van der Waals surface area contributed by atoms with E-state index in [4.69, 9.17) is 4.74 Å². The van der Waals surface area contributed by atoms with E-state index in [2.05, 4.69) is 5.32 Å². The molecular formula is C15H22N2O3. The molecule has 1 amide bonds. The zero-order chi connectivity index (χ0) is 14.5. The fraction of sp³-hybridized carbons (Fsp3) is 0.533. The predicted molar refractivity (Wildman–Crippen MR) is 77.3 cm³/mol. The molecule has 5 heteroatoms. The highest BCUT2D eigenvalue weighted by atomic mass is 16.5. The van der Waals surface area contributed by atoms with E-state index >= 15 is 0 Å². The molecule has 1 aromatic rings. The van der Waals surface area contributed by atoms with Crippen LogP contribution in [0.25, 0.3) is 0 Å². The van der Waals surface area contributed by atoms with E-state index in [1.54, 1.807) is 24.1 Å². The first-order chi connectivity index (χ1) is 9.61. The van der Waals surface area contributed by atoms with Gasteiger partial charge in [-0.3, -0.25) is 4.79 Å². The molecule has 5 nitrogen and oxygen atoms in total. The van der Waals surface area contributed by atoms with Crippen molar-refractivity contribution in [1.82, 2.24) is 10.2 Å². The Morgan fingerprint density at radius 1 is 1.50 bits per heavy atom. The molecule has 0 aliphatic carbocycles. The fourth-order valence-corrected chi connectivity index (χ4v) is 2.51. The number of phenols is 1. The van der Waals surface area contributed by atoms with E-state index < -0.39 is 0 Å². The number of ether oxygens (including phenoxy) is 1. The fourth-order valence-electron chi connectivity index (χ4n) is 2.51. The lowest BCUT2D eigenvalue weighted by molar-refractivity contribution is 0.0772. The molecule has 2 N–H and O–H groups in total. The second-order valence-electron chi connectivity index (χ2n) is 5.22. The van der Waals surface area contributed by atoms with Crippen molar-refractivity contribution in [2.75, 3.05) is 27.2 Å². The van der Waals surface area contributed by atoms with Crippen molar-refractivity contribution in [3.8, 4) is 11.5 Å². The van der Waals surface area contributed by atoms with Gasteiger partial charge in [0.25, 0.3) is 5.91 Å². The molecule has 1 saturated heterocycles. The Kier molecular flexibility index (Phi) is 4.84. The first-order valence-electron chi connectivity index (χ1n) is 6.97. The average Bonchev–Trinajstić information content (AvgIpc) is 2.48. The number of nitrogens with zero attached hydrogens (tertiary/aromatic N) is 1. The van der Waals surface area contributed by atoms with Crippen molar-refractivity contribution in [3.05, 3.63) is 23.8 Å². The Morgan fingerprint density at radius 3 is 2.95 bits per heavy atom. The van der Waals surface area contributed by atoms with Gasteiger partial charge in [0, 0.05) is 19.6 Å². The Morgan fingerprint density at radius 2 is 2.30 bits per heavy atom. The van der Waals surface area contributed by atoms with E-state index in [1.807, 2.05) is 0 Å². The van der Waals surface area contributed by atoms with Crippen molar-refractivity contribution in [2.24, 2.45) is 0 Å². The van der Waals surface area contributed by atoms with Gasteiger partial charge in [0.2, 0.25) is 0 Å². The van der Waals surface area contributed by atoms with Gasteiger partial charge in [0.15, 0.2) is 0 Å². The van der Waals surface area contributed by atoms with Gasteiger partial charge in [-0.15, -0.1) is 0 Å². The lowest BCUT2D eigenvalue weighted by atomic mass is 10.0. The number of piperidine rings is 1. The second kappa shape index (κ2) is 6.61. The standard InChI is InChI=1S/C15H22N2O3/c1-17(10-11-5-3-4-8-16-11)15(19)13-9-12(20-2)6-7-14(13)18/h6-7,9,11,16,18H,3-5,8,10H2,1-2H3. The maximum absolute atomic E-state index is 12.4. The average molecular weight is 278 g/mol. The van der Waals surface area contributed by atoms with Crippen LogP contribution < -0.4 is 10.1 Å². The molecule has 1 atom stereocenters. The number of hydrogen-bond donors (Lipinski definition) is 2. The van der Waals surface area contributed by atoms with Crippen molar-refractivity contribution in [3.63, 3.8) is 0 Å². The number of likely N-dealkylation sites (N-methyl/N-ethyl adjacent to an activating group) is 1. The summed E-state index contributed by atoms with van der Waals surface area (Å²) < 4.78 is 5.10. The summed E-state index contributed by atoms with van der Waals surface area (Å²) >= 11 is 0. The van der Waals surface area contributed by atoms with Crippen molar-refractivity contribution in [2.45, 2.75) is 25.3 Å². The van der Waals surface area contributed by atoms with E-state index in [-0.39, 0.29) is 17.2 Å². The molecule has 20 heavy (non-hydrogen) atoms. The number of carbonyl (C=O) groups is 1. The van der Waals surface area contributed by atoms with Crippen LogP contribution in [0.1, 0.15) is 29.6 Å². The molecule has 2 rings (SSSR count). The number of nitrogens with one attached hydrogen (secondary N) is 1. The zero-order valence-electron chi connectivity index (χ0n) is 12.1. The molecule has 1 aliphatic rings. The summed E-state index contributed by atoms with van der Waals surface area (Å²) in [5.74, 6) is 0.364. The van der Waals surface area contributed by atoms with Gasteiger partial charge in [-0.1, -0.05) is 6.42 Å². The maximum Gasteiger partial charge on any atom is 0.257 e. The van der Waals surface area contributed by atoms with Crippen LogP contribution in [0.3, 0.4) is 0 Å². The van der Waals surface area contributed by atoms with Crippen LogP contribution in [0.15, 0.2) is 18.2 Å². The SMILES string of the molecule is COc1ccc(O)c(C(=O)N(C)CC2CCCCN2)c1. The number of rotatable bonds is 4. The van der Waals surface area contributed by atoms with Crippen LogP contribution in [0, 0.1) is 0 Å². The van der Waals surface area contributed by atoms with Gasteiger partial charge >= 0.3 is 0 Å². The number of carbonyl (C=O) groups excluding carboxylic acids is 1. The van der Waals surface area contributed by atoms with Gasteiger partial charge in [-0.25, -0.2) is 0 Å². The van der Waals surface area contributed by atoms with Crippen LogP contribution >= 0.6 is 0 Å². The summed E-state index contributed by atoms with van der Waals surface area (Å²) in [5.41, 5.74) is 0.280.